The third-order valence-electron chi connectivity index (χ3n) is 3.45. The van der Waals surface area contributed by atoms with Gasteiger partial charge in [-0.05, 0) is 37.1 Å². The zero-order valence-corrected chi connectivity index (χ0v) is 13.6. The average molecular weight is 361 g/mol. The van der Waals surface area contributed by atoms with Gasteiger partial charge in [-0.25, -0.2) is 8.42 Å². The van der Waals surface area contributed by atoms with E-state index in [9.17, 15) is 13.2 Å². The molecule has 0 bridgehead atoms. The lowest BCUT2D eigenvalue weighted by Gasteiger charge is -2.30. The van der Waals surface area contributed by atoms with E-state index in [1.807, 2.05) is 0 Å². The van der Waals surface area contributed by atoms with Crippen molar-refractivity contribution in [2.75, 3.05) is 20.1 Å². The van der Waals surface area contributed by atoms with Crippen LogP contribution in [0.3, 0.4) is 0 Å². The van der Waals surface area contributed by atoms with Gasteiger partial charge in [-0.1, -0.05) is 15.9 Å². The standard InChI is InChI=1S/C13H17BrN2O3S/c1-15-13(17)10-3-2-8-16(9-10)20(18,19)12-6-4-11(14)5-7-12/h4-7,10H,2-3,8-9H2,1H3,(H,15,17)/t10-/m0/s1. The van der Waals surface area contributed by atoms with Gasteiger partial charge in [-0.15, -0.1) is 0 Å². The fourth-order valence-electron chi connectivity index (χ4n) is 2.33. The van der Waals surface area contributed by atoms with Crippen LogP contribution in [-0.4, -0.2) is 38.8 Å². The number of carbonyl (C=O) groups is 1. The zero-order valence-electron chi connectivity index (χ0n) is 11.2. The number of amides is 1. The van der Waals surface area contributed by atoms with Gasteiger partial charge in [0.1, 0.15) is 0 Å². The van der Waals surface area contributed by atoms with Gasteiger partial charge in [0.25, 0.3) is 0 Å². The van der Waals surface area contributed by atoms with Crippen molar-refractivity contribution in [3.05, 3.63) is 28.7 Å². The molecule has 1 fully saturated rings. The summed E-state index contributed by atoms with van der Waals surface area (Å²) >= 11 is 3.28. The minimum atomic E-state index is -3.52. The third-order valence-corrected chi connectivity index (χ3v) is 5.86. The first-order valence-electron chi connectivity index (χ1n) is 6.42. The van der Waals surface area contributed by atoms with Crippen LogP contribution in [0, 0.1) is 5.92 Å². The molecule has 0 unspecified atom stereocenters. The van der Waals surface area contributed by atoms with Crippen LogP contribution in [0.2, 0.25) is 0 Å². The van der Waals surface area contributed by atoms with E-state index < -0.39 is 10.0 Å². The van der Waals surface area contributed by atoms with E-state index >= 15 is 0 Å². The number of hydrogen-bond acceptors (Lipinski definition) is 3. The molecule has 0 saturated carbocycles. The highest BCUT2D eigenvalue weighted by Crippen LogP contribution is 2.24. The molecule has 0 aliphatic carbocycles. The maximum Gasteiger partial charge on any atom is 0.243 e. The van der Waals surface area contributed by atoms with Gasteiger partial charge in [0.2, 0.25) is 15.9 Å². The maximum absolute atomic E-state index is 12.5. The molecule has 1 aliphatic heterocycles. The second-order valence-corrected chi connectivity index (χ2v) is 7.62. The number of halogens is 1. The molecule has 0 aromatic heterocycles. The molecule has 2 rings (SSSR count). The number of carbonyl (C=O) groups excluding carboxylic acids is 1. The van der Waals surface area contributed by atoms with Crippen molar-refractivity contribution < 1.29 is 13.2 Å². The minimum Gasteiger partial charge on any atom is -0.359 e. The molecule has 1 aliphatic rings. The summed E-state index contributed by atoms with van der Waals surface area (Å²) < 4.78 is 27.3. The fraction of sp³-hybridized carbons (Fsp3) is 0.462. The molecule has 110 valence electrons. The molecule has 1 heterocycles. The van der Waals surface area contributed by atoms with Crippen LogP contribution in [0.25, 0.3) is 0 Å². The molecule has 7 heteroatoms. The predicted octanol–water partition coefficient (Wildman–Crippen LogP) is 1.60. The third kappa shape index (κ3) is 3.21. The number of nitrogens with zero attached hydrogens (tertiary/aromatic N) is 1. The van der Waals surface area contributed by atoms with Crippen molar-refractivity contribution in [3.8, 4) is 0 Å². The summed E-state index contributed by atoms with van der Waals surface area (Å²) in [5, 5.41) is 2.59. The molecule has 1 saturated heterocycles. The fourth-order valence-corrected chi connectivity index (χ4v) is 4.12. The SMILES string of the molecule is CNC(=O)[C@H]1CCCN(S(=O)(=O)c2ccc(Br)cc2)C1. The van der Waals surface area contributed by atoms with Crippen molar-refractivity contribution in [3.63, 3.8) is 0 Å². The van der Waals surface area contributed by atoms with E-state index in [1.165, 1.54) is 4.31 Å². The summed E-state index contributed by atoms with van der Waals surface area (Å²) in [4.78, 5) is 11.9. The largest absolute Gasteiger partial charge is 0.359 e. The van der Waals surface area contributed by atoms with Gasteiger partial charge in [-0.2, -0.15) is 4.31 Å². The Labute approximate surface area is 127 Å². The monoisotopic (exact) mass is 360 g/mol. The van der Waals surface area contributed by atoms with Crippen molar-refractivity contribution in [1.82, 2.24) is 9.62 Å². The second-order valence-electron chi connectivity index (χ2n) is 4.77. The molecule has 5 nitrogen and oxygen atoms in total. The van der Waals surface area contributed by atoms with E-state index in [1.54, 1.807) is 31.3 Å². The lowest BCUT2D eigenvalue weighted by molar-refractivity contribution is -0.125. The lowest BCUT2D eigenvalue weighted by atomic mass is 9.99. The van der Waals surface area contributed by atoms with Crippen LogP contribution >= 0.6 is 15.9 Å². The summed E-state index contributed by atoms with van der Waals surface area (Å²) in [6, 6.07) is 6.55. The summed E-state index contributed by atoms with van der Waals surface area (Å²) in [6.07, 6.45) is 1.43. The molecule has 1 aromatic carbocycles. The number of hydrogen-bond donors (Lipinski definition) is 1. The Kier molecular flexibility index (Phi) is 4.82. The predicted molar refractivity (Wildman–Crippen MR) is 79.7 cm³/mol. The van der Waals surface area contributed by atoms with E-state index in [-0.39, 0.29) is 23.3 Å². The number of piperidine rings is 1. The molecule has 1 aromatic rings. The normalized spacial score (nSPS) is 20.6. The van der Waals surface area contributed by atoms with Crippen molar-refractivity contribution in [2.24, 2.45) is 5.92 Å². The van der Waals surface area contributed by atoms with Gasteiger partial charge in [0, 0.05) is 24.6 Å². The molecular formula is C13H17BrN2O3S. The van der Waals surface area contributed by atoms with Crippen molar-refractivity contribution in [2.45, 2.75) is 17.7 Å². The topological polar surface area (TPSA) is 66.5 Å². The Morgan fingerprint density at radius 1 is 1.35 bits per heavy atom. The molecule has 20 heavy (non-hydrogen) atoms. The van der Waals surface area contributed by atoms with E-state index in [2.05, 4.69) is 21.2 Å². The first-order chi connectivity index (χ1) is 9.45. The summed E-state index contributed by atoms with van der Waals surface area (Å²) in [6.45, 7) is 0.712. The number of nitrogens with one attached hydrogen (secondary N) is 1. The number of rotatable bonds is 3. The van der Waals surface area contributed by atoms with Crippen LogP contribution in [0.4, 0.5) is 0 Å². The van der Waals surface area contributed by atoms with Gasteiger partial charge >= 0.3 is 0 Å². The molecule has 1 N–H and O–H groups in total. The van der Waals surface area contributed by atoms with E-state index in [0.29, 0.717) is 13.0 Å². The van der Waals surface area contributed by atoms with Gasteiger partial charge in [0.05, 0.1) is 10.8 Å². The van der Waals surface area contributed by atoms with Gasteiger partial charge in [-0.3, -0.25) is 4.79 Å². The Morgan fingerprint density at radius 2 is 2.00 bits per heavy atom. The highest BCUT2D eigenvalue weighted by Gasteiger charge is 2.32. The van der Waals surface area contributed by atoms with Gasteiger partial charge in [0.15, 0.2) is 0 Å². The zero-order chi connectivity index (χ0) is 14.8. The van der Waals surface area contributed by atoms with E-state index in [4.69, 9.17) is 0 Å². The smallest absolute Gasteiger partial charge is 0.243 e. The lowest BCUT2D eigenvalue weighted by Crippen LogP contribution is -2.44. The second kappa shape index (κ2) is 6.24. The van der Waals surface area contributed by atoms with Crippen LogP contribution < -0.4 is 5.32 Å². The Balaban J connectivity index is 2.21. The highest BCUT2D eigenvalue weighted by molar-refractivity contribution is 9.10. The van der Waals surface area contributed by atoms with Crippen LogP contribution in [0.5, 0.6) is 0 Å². The van der Waals surface area contributed by atoms with Crippen molar-refractivity contribution >= 4 is 31.9 Å². The highest BCUT2D eigenvalue weighted by atomic mass is 79.9. The molecule has 1 amide bonds. The van der Waals surface area contributed by atoms with Crippen LogP contribution in [0.1, 0.15) is 12.8 Å². The quantitative estimate of drug-likeness (QED) is 0.889. The van der Waals surface area contributed by atoms with Crippen molar-refractivity contribution in [1.29, 1.82) is 0 Å². The molecule has 1 atom stereocenters. The summed E-state index contributed by atoms with van der Waals surface area (Å²) in [5.41, 5.74) is 0. The summed E-state index contributed by atoms with van der Waals surface area (Å²) in [5.74, 6) is -0.361. The Bertz CT molecular complexity index is 586. The Morgan fingerprint density at radius 3 is 2.60 bits per heavy atom. The maximum atomic E-state index is 12.5. The van der Waals surface area contributed by atoms with Crippen LogP contribution in [-0.2, 0) is 14.8 Å². The molecule has 0 spiro atoms. The molecular weight excluding hydrogens is 344 g/mol. The van der Waals surface area contributed by atoms with E-state index in [0.717, 1.165) is 10.9 Å². The average Bonchev–Trinajstić information content (AvgIpc) is 2.47. The van der Waals surface area contributed by atoms with Gasteiger partial charge < -0.3 is 5.32 Å². The summed E-state index contributed by atoms with van der Waals surface area (Å²) in [7, 11) is -1.95. The first kappa shape index (κ1) is 15.5. The van der Waals surface area contributed by atoms with Crippen LogP contribution in [0.15, 0.2) is 33.6 Å². The molecule has 0 radical (unpaired) electrons. The first-order valence-corrected chi connectivity index (χ1v) is 8.66. The number of sulfonamides is 1. The minimum absolute atomic E-state index is 0.0966. The Hall–Kier alpha value is -0.920. The number of benzene rings is 1.